The fourth-order valence-corrected chi connectivity index (χ4v) is 2.35. The van der Waals surface area contributed by atoms with Crippen molar-refractivity contribution in [1.82, 2.24) is 4.57 Å². The zero-order chi connectivity index (χ0) is 15.4. The summed E-state index contributed by atoms with van der Waals surface area (Å²) in [5.74, 6) is 0.754. The first-order valence-electron chi connectivity index (χ1n) is 7.23. The summed E-state index contributed by atoms with van der Waals surface area (Å²) >= 11 is 0. The van der Waals surface area contributed by atoms with Gasteiger partial charge in [0.05, 0.1) is 12.1 Å². The summed E-state index contributed by atoms with van der Waals surface area (Å²) in [5, 5.41) is 0.895. The summed E-state index contributed by atoms with van der Waals surface area (Å²) in [5.41, 5.74) is 1.88. The Balaban J connectivity index is 1.86. The van der Waals surface area contributed by atoms with Gasteiger partial charge >= 0.3 is 6.09 Å². The first kappa shape index (κ1) is 14.2. The molecule has 4 heteroatoms. The van der Waals surface area contributed by atoms with E-state index in [2.05, 4.69) is 0 Å². The molecule has 4 nitrogen and oxygen atoms in total. The van der Waals surface area contributed by atoms with E-state index in [0.717, 1.165) is 22.2 Å². The van der Waals surface area contributed by atoms with Gasteiger partial charge in [-0.15, -0.1) is 0 Å². The summed E-state index contributed by atoms with van der Waals surface area (Å²) in [4.78, 5) is 11.9. The topological polar surface area (TPSA) is 40.5 Å². The Morgan fingerprint density at radius 1 is 1.05 bits per heavy atom. The number of carbonyl (C=O) groups excluding carboxylic acids is 1. The maximum atomic E-state index is 11.9. The van der Waals surface area contributed by atoms with Crippen molar-refractivity contribution in [3.05, 3.63) is 66.4 Å². The molecule has 0 radical (unpaired) electrons. The summed E-state index contributed by atoms with van der Waals surface area (Å²) < 4.78 is 12.4. The van der Waals surface area contributed by atoms with E-state index in [-0.39, 0.29) is 6.09 Å². The normalized spacial score (nSPS) is 10.6. The largest absolute Gasteiger partial charge is 0.488 e. The number of benzene rings is 2. The van der Waals surface area contributed by atoms with Crippen LogP contribution in [0.3, 0.4) is 0 Å². The van der Waals surface area contributed by atoms with Crippen LogP contribution < -0.4 is 4.74 Å². The number of fused-ring (bicyclic) bond motifs is 1. The number of hydrogen-bond acceptors (Lipinski definition) is 3. The van der Waals surface area contributed by atoms with Gasteiger partial charge in [0.1, 0.15) is 12.4 Å². The second-order valence-electron chi connectivity index (χ2n) is 4.85. The predicted molar refractivity (Wildman–Crippen MR) is 85.1 cm³/mol. The third kappa shape index (κ3) is 2.81. The Morgan fingerprint density at radius 2 is 1.86 bits per heavy atom. The van der Waals surface area contributed by atoms with Gasteiger partial charge in [0.2, 0.25) is 0 Å². The van der Waals surface area contributed by atoms with E-state index < -0.39 is 0 Å². The van der Waals surface area contributed by atoms with Crippen LogP contribution in [0.2, 0.25) is 0 Å². The van der Waals surface area contributed by atoms with Gasteiger partial charge in [-0.2, -0.15) is 0 Å². The molecule has 0 saturated heterocycles. The standard InChI is InChI=1S/C18H17NO3/c1-2-21-18(20)19-12-11-15-16(19)9-6-10-17(15)22-13-14-7-4-3-5-8-14/h3-12H,2,13H2,1H3. The highest BCUT2D eigenvalue weighted by Gasteiger charge is 2.12. The van der Waals surface area contributed by atoms with Crippen molar-refractivity contribution in [1.29, 1.82) is 0 Å². The lowest BCUT2D eigenvalue weighted by Gasteiger charge is -2.08. The molecule has 0 bridgehead atoms. The summed E-state index contributed by atoms with van der Waals surface area (Å²) in [6.45, 7) is 2.63. The van der Waals surface area contributed by atoms with Crippen molar-refractivity contribution in [2.45, 2.75) is 13.5 Å². The smallest absolute Gasteiger partial charge is 0.418 e. The van der Waals surface area contributed by atoms with Crippen LogP contribution in [-0.2, 0) is 11.3 Å². The molecule has 1 heterocycles. The number of rotatable bonds is 4. The van der Waals surface area contributed by atoms with Gasteiger partial charge in [0.15, 0.2) is 0 Å². The monoisotopic (exact) mass is 295 g/mol. The second-order valence-corrected chi connectivity index (χ2v) is 4.85. The van der Waals surface area contributed by atoms with Crippen LogP contribution >= 0.6 is 0 Å². The van der Waals surface area contributed by atoms with Crippen molar-refractivity contribution in [3.8, 4) is 5.75 Å². The second kappa shape index (κ2) is 6.35. The molecule has 0 aliphatic heterocycles. The van der Waals surface area contributed by atoms with Crippen molar-refractivity contribution in [3.63, 3.8) is 0 Å². The van der Waals surface area contributed by atoms with Gasteiger partial charge in [0.25, 0.3) is 0 Å². The zero-order valence-electron chi connectivity index (χ0n) is 12.4. The molecule has 3 rings (SSSR count). The summed E-state index contributed by atoms with van der Waals surface area (Å²) in [7, 11) is 0. The number of ether oxygens (including phenoxy) is 2. The van der Waals surface area contributed by atoms with Crippen LogP contribution in [0.1, 0.15) is 12.5 Å². The van der Waals surface area contributed by atoms with Crippen molar-refractivity contribution in [2.75, 3.05) is 6.61 Å². The minimum Gasteiger partial charge on any atom is -0.488 e. The molecule has 0 N–H and O–H groups in total. The molecule has 3 aromatic rings. The molecule has 0 saturated carbocycles. The van der Waals surface area contributed by atoms with E-state index in [9.17, 15) is 4.79 Å². The van der Waals surface area contributed by atoms with E-state index in [1.54, 1.807) is 13.1 Å². The molecular weight excluding hydrogens is 278 g/mol. The van der Waals surface area contributed by atoms with Gasteiger partial charge in [-0.25, -0.2) is 4.79 Å². The van der Waals surface area contributed by atoms with Crippen LogP contribution in [-0.4, -0.2) is 17.3 Å². The molecule has 0 fully saturated rings. The first-order valence-corrected chi connectivity index (χ1v) is 7.23. The van der Waals surface area contributed by atoms with E-state index in [1.165, 1.54) is 4.57 Å². The maximum absolute atomic E-state index is 11.9. The number of aromatic nitrogens is 1. The molecule has 1 aromatic heterocycles. The van der Waals surface area contributed by atoms with E-state index in [1.807, 2.05) is 54.6 Å². The molecule has 112 valence electrons. The molecule has 0 unspecified atom stereocenters. The highest BCUT2D eigenvalue weighted by atomic mass is 16.5. The third-order valence-electron chi connectivity index (χ3n) is 3.39. The summed E-state index contributed by atoms with van der Waals surface area (Å²) in [6, 6.07) is 17.5. The van der Waals surface area contributed by atoms with E-state index in [4.69, 9.17) is 9.47 Å². The van der Waals surface area contributed by atoms with E-state index in [0.29, 0.717) is 13.2 Å². The first-order chi connectivity index (χ1) is 10.8. The Morgan fingerprint density at radius 3 is 2.64 bits per heavy atom. The van der Waals surface area contributed by atoms with Gasteiger partial charge in [-0.1, -0.05) is 36.4 Å². The van der Waals surface area contributed by atoms with Gasteiger partial charge in [-0.3, -0.25) is 4.57 Å². The van der Waals surface area contributed by atoms with Gasteiger partial charge in [-0.05, 0) is 30.7 Å². The molecule has 2 aromatic carbocycles. The number of nitrogens with zero attached hydrogens (tertiary/aromatic N) is 1. The van der Waals surface area contributed by atoms with E-state index >= 15 is 0 Å². The highest BCUT2D eigenvalue weighted by molar-refractivity contribution is 5.93. The lowest BCUT2D eigenvalue weighted by Crippen LogP contribution is -2.11. The quantitative estimate of drug-likeness (QED) is 0.723. The van der Waals surface area contributed by atoms with Crippen LogP contribution in [0.15, 0.2) is 60.8 Å². The molecule has 0 aliphatic rings. The Bertz CT molecular complexity index is 777. The minimum absolute atomic E-state index is 0.350. The zero-order valence-corrected chi connectivity index (χ0v) is 12.4. The van der Waals surface area contributed by atoms with Crippen LogP contribution in [0, 0.1) is 0 Å². The third-order valence-corrected chi connectivity index (χ3v) is 3.39. The molecule has 0 aliphatic carbocycles. The molecular formula is C18H17NO3. The fraction of sp³-hybridized carbons (Fsp3) is 0.167. The summed E-state index contributed by atoms with van der Waals surface area (Å²) in [6.07, 6.45) is 1.33. The Hall–Kier alpha value is -2.75. The van der Waals surface area contributed by atoms with Crippen LogP contribution in [0.5, 0.6) is 5.75 Å². The average molecular weight is 295 g/mol. The number of hydrogen-bond donors (Lipinski definition) is 0. The highest BCUT2D eigenvalue weighted by Crippen LogP contribution is 2.27. The van der Waals surface area contributed by atoms with Gasteiger partial charge in [0, 0.05) is 11.6 Å². The predicted octanol–water partition coefficient (Wildman–Crippen LogP) is 4.22. The SMILES string of the molecule is CCOC(=O)n1ccc2c(OCc3ccccc3)cccc21. The lowest BCUT2D eigenvalue weighted by atomic mass is 10.2. The maximum Gasteiger partial charge on any atom is 0.418 e. The number of carbonyl (C=O) groups is 1. The lowest BCUT2D eigenvalue weighted by molar-refractivity contribution is 0.155. The van der Waals surface area contributed by atoms with Gasteiger partial charge < -0.3 is 9.47 Å². The molecule has 0 spiro atoms. The van der Waals surface area contributed by atoms with Crippen molar-refractivity contribution >= 4 is 17.0 Å². The Labute approximate surface area is 128 Å². The molecule has 0 atom stereocenters. The Kier molecular flexibility index (Phi) is 4.10. The fourth-order valence-electron chi connectivity index (χ4n) is 2.35. The average Bonchev–Trinajstić information content (AvgIpc) is 2.99. The van der Waals surface area contributed by atoms with Crippen molar-refractivity contribution in [2.24, 2.45) is 0 Å². The van der Waals surface area contributed by atoms with Crippen LogP contribution in [0.25, 0.3) is 10.9 Å². The van der Waals surface area contributed by atoms with Crippen LogP contribution in [0.4, 0.5) is 4.79 Å². The molecule has 0 amide bonds. The minimum atomic E-state index is -0.377. The molecule has 22 heavy (non-hydrogen) atoms. The van der Waals surface area contributed by atoms with Crippen molar-refractivity contribution < 1.29 is 14.3 Å².